The Bertz CT molecular complexity index is 685. The van der Waals surface area contributed by atoms with Crippen molar-refractivity contribution in [3.8, 4) is 0 Å². The summed E-state index contributed by atoms with van der Waals surface area (Å²) in [6.07, 6.45) is -0.123. The number of nitrogens with zero attached hydrogens (tertiary/aromatic N) is 1. The molecule has 0 bridgehead atoms. The molecule has 24 heavy (non-hydrogen) atoms. The van der Waals surface area contributed by atoms with Crippen molar-refractivity contribution in [2.24, 2.45) is 0 Å². The van der Waals surface area contributed by atoms with Gasteiger partial charge in [-0.1, -0.05) is 12.1 Å². The summed E-state index contributed by atoms with van der Waals surface area (Å²) in [6.45, 7) is 3.87. The number of imide groups is 1. The SMILES string of the molecule is CCN(CCC(=O)O)C(=O)c1ccc([C@]2(C)NC(=O)NC2=O)cc1. The van der Waals surface area contributed by atoms with Crippen molar-refractivity contribution in [1.82, 2.24) is 15.5 Å². The summed E-state index contributed by atoms with van der Waals surface area (Å²) in [4.78, 5) is 47.7. The van der Waals surface area contributed by atoms with Gasteiger partial charge < -0.3 is 15.3 Å². The molecule has 1 atom stereocenters. The summed E-state index contributed by atoms with van der Waals surface area (Å²) in [5.41, 5.74) is -0.234. The molecular weight excluding hydrogens is 314 g/mol. The molecule has 0 radical (unpaired) electrons. The van der Waals surface area contributed by atoms with E-state index in [2.05, 4.69) is 10.6 Å². The molecule has 0 unspecified atom stereocenters. The van der Waals surface area contributed by atoms with Crippen molar-refractivity contribution >= 4 is 23.8 Å². The van der Waals surface area contributed by atoms with Gasteiger partial charge in [-0.15, -0.1) is 0 Å². The molecule has 1 aliphatic rings. The topological polar surface area (TPSA) is 116 Å². The number of carbonyl (C=O) groups is 4. The van der Waals surface area contributed by atoms with E-state index in [1.54, 1.807) is 38.1 Å². The van der Waals surface area contributed by atoms with Crippen LogP contribution in [0, 0.1) is 0 Å². The minimum absolute atomic E-state index is 0.123. The van der Waals surface area contributed by atoms with Gasteiger partial charge in [-0.3, -0.25) is 19.7 Å². The predicted octanol–water partition coefficient (Wildman–Crippen LogP) is 0.678. The van der Waals surface area contributed by atoms with Gasteiger partial charge >= 0.3 is 12.0 Å². The standard InChI is InChI=1S/C16H19N3O5/c1-3-19(9-8-12(20)21)13(22)10-4-6-11(7-5-10)16(2)14(23)17-15(24)18-16/h4-7H,3,8-9H2,1-2H3,(H,20,21)(H2,17,18,23,24)/t16-/m0/s1. The highest BCUT2D eigenvalue weighted by Crippen LogP contribution is 2.24. The summed E-state index contributed by atoms with van der Waals surface area (Å²) in [5.74, 6) is -1.70. The second-order valence-corrected chi connectivity index (χ2v) is 5.64. The van der Waals surface area contributed by atoms with Gasteiger partial charge in [-0.25, -0.2) is 4.79 Å². The Labute approximate surface area is 138 Å². The van der Waals surface area contributed by atoms with E-state index in [9.17, 15) is 19.2 Å². The number of nitrogens with one attached hydrogen (secondary N) is 2. The first-order valence-electron chi connectivity index (χ1n) is 7.53. The monoisotopic (exact) mass is 333 g/mol. The molecule has 1 fully saturated rings. The molecule has 0 spiro atoms. The van der Waals surface area contributed by atoms with Crippen LogP contribution in [0.5, 0.6) is 0 Å². The number of urea groups is 1. The zero-order valence-corrected chi connectivity index (χ0v) is 13.5. The van der Waals surface area contributed by atoms with Crippen LogP contribution < -0.4 is 10.6 Å². The number of aliphatic carboxylic acids is 1. The molecule has 0 aromatic heterocycles. The first-order chi connectivity index (χ1) is 11.3. The molecule has 8 heteroatoms. The number of hydrogen-bond acceptors (Lipinski definition) is 4. The molecule has 1 aliphatic heterocycles. The summed E-state index contributed by atoms with van der Waals surface area (Å²) >= 11 is 0. The van der Waals surface area contributed by atoms with E-state index < -0.39 is 23.4 Å². The lowest BCUT2D eigenvalue weighted by molar-refractivity contribution is -0.137. The third-order valence-corrected chi connectivity index (χ3v) is 4.02. The smallest absolute Gasteiger partial charge is 0.322 e. The Balaban J connectivity index is 2.16. The van der Waals surface area contributed by atoms with Crippen molar-refractivity contribution in [1.29, 1.82) is 0 Å². The minimum Gasteiger partial charge on any atom is -0.481 e. The highest BCUT2D eigenvalue weighted by molar-refractivity contribution is 6.07. The molecule has 4 amide bonds. The van der Waals surface area contributed by atoms with Gasteiger partial charge in [0, 0.05) is 18.7 Å². The summed E-state index contributed by atoms with van der Waals surface area (Å²) in [5, 5.41) is 13.5. The number of hydrogen-bond donors (Lipinski definition) is 3. The van der Waals surface area contributed by atoms with E-state index in [1.807, 2.05) is 0 Å². The van der Waals surface area contributed by atoms with Gasteiger partial charge in [0.05, 0.1) is 6.42 Å². The maximum Gasteiger partial charge on any atom is 0.322 e. The van der Waals surface area contributed by atoms with Crippen molar-refractivity contribution in [2.75, 3.05) is 13.1 Å². The summed E-state index contributed by atoms with van der Waals surface area (Å²) in [6, 6.07) is 5.76. The van der Waals surface area contributed by atoms with Gasteiger partial charge in [-0.2, -0.15) is 0 Å². The number of amides is 4. The van der Waals surface area contributed by atoms with Crippen LogP contribution in [0.2, 0.25) is 0 Å². The van der Waals surface area contributed by atoms with Crippen molar-refractivity contribution in [3.63, 3.8) is 0 Å². The fraction of sp³-hybridized carbons (Fsp3) is 0.375. The number of carboxylic acids is 1. The van der Waals surface area contributed by atoms with Gasteiger partial charge in [0.1, 0.15) is 5.54 Å². The van der Waals surface area contributed by atoms with Crippen LogP contribution in [0.3, 0.4) is 0 Å². The largest absolute Gasteiger partial charge is 0.481 e. The Kier molecular flexibility index (Phi) is 4.87. The molecule has 8 nitrogen and oxygen atoms in total. The number of benzene rings is 1. The highest BCUT2D eigenvalue weighted by Gasteiger charge is 2.43. The predicted molar refractivity (Wildman–Crippen MR) is 84.3 cm³/mol. The minimum atomic E-state index is -1.17. The van der Waals surface area contributed by atoms with Gasteiger partial charge in [0.25, 0.3) is 11.8 Å². The fourth-order valence-corrected chi connectivity index (χ4v) is 2.51. The number of rotatable bonds is 6. The quantitative estimate of drug-likeness (QED) is 0.662. The molecule has 128 valence electrons. The van der Waals surface area contributed by atoms with Crippen LogP contribution in [-0.2, 0) is 15.1 Å². The van der Waals surface area contributed by atoms with E-state index in [4.69, 9.17) is 5.11 Å². The van der Waals surface area contributed by atoms with E-state index in [-0.39, 0.29) is 18.9 Å². The first kappa shape index (κ1) is 17.5. The molecule has 1 saturated heterocycles. The Hall–Kier alpha value is -2.90. The van der Waals surface area contributed by atoms with E-state index in [0.29, 0.717) is 17.7 Å². The van der Waals surface area contributed by atoms with E-state index in [1.165, 1.54) is 4.90 Å². The van der Waals surface area contributed by atoms with Gasteiger partial charge in [-0.05, 0) is 31.5 Å². The van der Waals surface area contributed by atoms with Crippen LogP contribution in [0.4, 0.5) is 4.79 Å². The van der Waals surface area contributed by atoms with Crippen LogP contribution in [0.15, 0.2) is 24.3 Å². The van der Waals surface area contributed by atoms with Crippen molar-refractivity contribution in [3.05, 3.63) is 35.4 Å². The normalized spacial score (nSPS) is 19.6. The number of carboxylic acid groups (broad SMARTS) is 1. The van der Waals surface area contributed by atoms with Crippen molar-refractivity contribution < 1.29 is 24.3 Å². The van der Waals surface area contributed by atoms with Crippen LogP contribution >= 0.6 is 0 Å². The molecule has 1 aromatic carbocycles. The average molecular weight is 333 g/mol. The lowest BCUT2D eigenvalue weighted by Crippen LogP contribution is -2.40. The fourth-order valence-electron chi connectivity index (χ4n) is 2.51. The zero-order valence-electron chi connectivity index (χ0n) is 13.5. The third-order valence-electron chi connectivity index (χ3n) is 4.02. The molecule has 0 saturated carbocycles. The second-order valence-electron chi connectivity index (χ2n) is 5.64. The van der Waals surface area contributed by atoms with Gasteiger partial charge in [0.15, 0.2) is 0 Å². The van der Waals surface area contributed by atoms with E-state index >= 15 is 0 Å². The zero-order chi connectivity index (χ0) is 17.9. The first-order valence-corrected chi connectivity index (χ1v) is 7.53. The Morgan fingerprint density at radius 2 is 1.83 bits per heavy atom. The lowest BCUT2D eigenvalue weighted by atomic mass is 9.91. The third kappa shape index (κ3) is 3.37. The maximum atomic E-state index is 12.4. The Morgan fingerprint density at radius 1 is 1.21 bits per heavy atom. The highest BCUT2D eigenvalue weighted by atomic mass is 16.4. The van der Waals surface area contributed by atoms with Crippen LogP contribution in [0.1, 0.15) is 36.2 Å². The van der Waals surface area contributed by atoms with E-state index in [0.717, 1.165) is 0 Å². The molecule has 2 rings (SSSR count). The molecule has 3 N–H and O–H groups in total. The Morgan fingerprint density at radius 3 is 2.29 bits per heavy atom. The average Bonchev–Trinajstić information content (AvgIpc) is 2.81. The lowest BCUT2D eigenvalue weighted by Gasteiger charge is -2.23. The van der Waals surface area contributed by atoms with Gasteiger partial charge in [0.2, 0.25) is 0 Å². The summed E-state index contributed by atoms with van der Waals surface area (Å²) < 4.78 is 0. The van der Waals surface area contributed by atoms with Crippen LogP contribution in [0.25, 0.3) is 0 Å². The molecule has 1 aromatic rings. The summed E-state index contributed by atoms with van der Waals surface area (Å²) in [7, 11) is 0. The number of carbonyl (C=O) groups excluding carboxylic acids is 3. The molecule has 0 aliphatic carbocycles. The maximum absolute atomic E-state index is 12.4. The van der Waals surface area contributed by atoms with Crippen molar-refractivity contribution in [2.45, 2.75) is 25.8 Å². The molecule has 1 heterocycles. The molecular formula is C16H19N3O5. The second kappa shape index (κ2) is 6.69. The van der Waals surface area contributed by atoms with Crippen LogP contribution in [-0.4, -0.2) is 46.9 Å².